The van der Waals surface area contributed by atoms with E-state index in [0.29, 0.717) is 12.2 Å². The molecule has 0 aromatic heterocycles. The molecule has 0 radical (unpaired) electrons. The lowest BCUT2D eigenvalue weighted by atomic mass is 9.96. The molecule has 0 N–H and O–H groups in total. The van der Waals surface area contributed by atoms with E-state index in [1.165, 1.54) is 19.3 Å². The zero-order valence-corrected chi connectivity index (χ0v) is 7.51. The minimum Gasteiger partial charge on any atom is -0.376 e. The van der Waals surface area contributed by atoms with Gasteiger partial charge in [-0.25, -0.2) is 0 Å². The average molecular weight is 158 g/mol. The Morgan fingerprint density at radius 3 is 2.45 bits per heavy atom. The first-order valence-electron chi connectivity index (χ1n) is 4.52. The summed E-state index contributed by atoms with van der Waals surface area (Å²) in [6, 6.07) is 0. The molecule has 0 aromatic carbocycles. The highest BCUT2D eigenvalue weighted by Crippen LogP contribution is 2.21. The highest BCUT2D eigenvalue weighted by atomic mass is 16.5. The number of hydrogen-bond donors (Lipinski definition) is 0. The minimum absolute atomic E-state index is 0.333. The molecule has 66 valence electrons. The zero-order chi connectivity index (χ0) is 8.10. The molecule has 1 aliphatic carbocycles. The second-order valence-electron chi connectivity index (χ2n) is 3.34. The van der Waals surface area contributed by atoms with Crippen LogP contribution in [0.2, 0.25) is 0 Å². The van der Waals surface area contributed by atoms with Gasteiger partial charge in [0, 0.05) is 0 Å². The van der Waals surface area contributed by atoms with Crippen molar-refractivity contribution in [1.29, 1.82) is 0 Å². The van der Waals surface area contributed by atoms with Gasteiger partial charge in [-0.2, -0.15) is 0 Å². The Kier molecular flexibility index (Phi) is 3.87. The van der Waals surface area contributed by atoms with Crippen LogP contribution in [0.25, 0.3) is 0 Å². The van der Waals surface area contributed by atoms with Gasteiger partial charge < -0.3 is 9.47 Å². The normalized spacial score (nSPS) is 18.8. The Balaban J connectivity index is 1.80. The standard InChI is InChI=1S/C9H18O2/c1-8(2)10-6-7-11-9-4-3-5-9/h8-9H,3-7H2,1-2H3. The van der Waals surface area contributed by atoms with Crippen molar-refractivity contribution in [2.75, 3.05) is 13.2 Å². The molecule has 0 aliphatic heterocycles. The third-order valence-corrected chi connectivity index (χ3v) is 1.94. The number of rotatable bonds is 5. The molecule has 1 saturated carbocycles. The molecule has 0 saturated heterocycles. The molecule has 1 rings (SSSR count). The first kappa shape index (κ1) is 9.01. The molecule has 2 heteroatoms. The first-order chi connectivity index (χ1) is 5.29. The van der Waals surface area contributed by atoms with Crippen LogP contribution in [0.1, 0.15) is 33.1 Å². The van der Waals surface area contributed by atoms with Crippen molar-refractivity contribution in [3.63, 3.8) is 0 Å². The minimum atomic E-state index is 0.333. The molecule has 1 aliphatic rings. The molecule has 11 heavy (non-hydrogen) atoms. The molecule has 1 fully saturated rings. The van der Waals surface area contributed by atoms with E-state index < -0.39 is 0 Å². The van der Waals surface area contributed by atoms with Crippen molar-refractivity contribution >= 4 is 0 Å². The third kappa shape index (κ3) is 3.73. The summed E-state index contributed by atoms with van der Waals surface area (Å²) in [4.78, 5) is 0. The molecule has 0 spiro atoms. The topological polar surface area (TPSA) is 18.5 Å². The fraction of sp³-hybridized carbons (Fsp3) is 1.00. The van der Waals surface area contributed by atoms with E-state index in [9.17, 15) is 0 Å². The first-order valence-corrected chi connectivity index (χ1v) is 4.52. The van der Waals surface area contributed by atoms with Crippen molar-refractivity contribution in [2.45, 2.75) is 45.3 Å². The summed E-state index contributed by atoms with van der Waals surface area (Å²) in [6.45, 7) is 5.60. The van der Waals surface area contributed by atoms with Gasteiger partial charge in [-0.15, -0.1) is 0 Å². The molecular formula is C9H18O2. The van der Waals surface area contributed by atoms with E-state index >= 15 is 0 Å². The summed E-state index contributed by atoms with van der Waals surface area (Å²) in [5.41, 5.74) is 0. The maximum absolute atomic E-state index is 5.50. The van der Waals surface area contributed by atoms with Crippen LogP contribution in [-0.2, 0) is 9.47 Å². The van der Waals surface area contributed by atoms with Gasteiger partial charge in [0.1, 0.15) is 0 Å². The highest BCUT2D eigenvalue weighted by molar-refractivity contribution is 4.68. The van der Waals surface area contributed by atoms with E-state index in [1.807, 2.05) is 13.8 Å². The van der Waals surface area contributed by atoms with Crippen LogP contribution < -0.4 is 0 Å². The summed E-state index contributed by atoms with van der Waals surface area (Å²) in [5, 5.41) is 0. The monoisotopic (exact) mass is 158 g/mol. The predicted molar refractivity (Wildman–Crippen MR) is 44.7 cm³/mol. The van der Waals surface area contributed by atoms with E-state index in [2.05, 4.69) is 0 Å². The Bertz CT molecular complexity index is 97.7. The fourth-order valence-corrected chi connectivity index (χ4v) is 1.04. The zero-order valence-electron chi connectivity index (χ0n) is 7.51. The third-order valence-electron chi connectivity index (χ3n) is 1.94. The molecule has 0 heterocycles. The average Bonchev–Trinajstić information content (AvgIpc) is 1.82. The van der Waals surface area contributed by atoms with Crippen LogP contribution >= 0.6 is 0 Å². The van der Waals surface area contributed by atoms with Crippen LogP contribution in [0.4, 0.5) is 0 Å². The number of hydrogen-bond acceptors (Lipinski definition) is 2. The molecule has 0 amide bonds. The molecule has 0 atom stereocenters. The maximum atomic E-state index is 5.50. The maximum Gasteiger partial charge on any atom is 0.0704 e. The summed E-state index contributed by atoms with van der Waals surface area (Å²) in [5.74, 6) is 0. The van der Waals surface area contributed by atoms with Crippen LogP contribution in [-0.4, -0.2) is 25.4 Å². The van der Waals surface area contributed by atoms with Crippen molar-refractivity contribution in [1.82, 2.24) is 0 Å². The van der Waals surface area contributed by atoms with E-state index in [0.717, 1.165) is 13.2 Å². The SMILES string of the molecule is CC(C)OCCOC1CCC1. The Morgan fingerprint density at radius 2 is 2.00 bits per heavy atom. The van der Waals surface area contributed by atoms with Gasteiger partial charge in [0.2, 0.25) is 0 Å². The lowest BCUT2D eigenvalue weighted by Gasteiger charge is -2.25. The van der Waals surface area contributed by atoms with Crippen LogP contribution in [0, 0.1) is 0 Å². The van der Waals surface area contributed by atoms with Crippen molar-refractivity contribution in [3.8, 4) is 0 Å². The van der Waals surface area contributed by atoms with Crippen LogP contribution in [0.5, 0.6) is 0 Å². The highest BCUT2D eigenvalue weighted by Gasteiger charge is 2.17. The van der Waals surface area contributed by atoms with Gasteiger partial charge in [0.05, 0.1) is 25.4 Å². The van der Waals surface area contributed by atoms with Crippen molar-refractivity contribution in [2.24, 2.45) is 0 Å². The summed E-state index contributed by atoms with van der Waals surface area (Å²) >= 11 is 0. The fourth-order valence-electron chi connectivity index (χ4n) is 1.04. The van der Waals surface area contributed by atoms with E-state index in [4.69, 9.17) is 9.47 Å². The van der Waals surface area contributed by atoms with Crippen LogP contribution in [0.15, 0.2) is 0 Å². The Hall–Kier alpha value is -0.0800. The summed E-state index contributed by atoms with van der Waals surface area (Å²) in [7, 11) is 0. The Morgan fingerprint density at radius 1 is 1.27 bits per heavy atom. The molecule has 0 unspecified atom stereocenters. The largest absolute Gasteiger partial charge is 0.376 e. The second kappa shape index (κ2) is 4.73. The van der Waals surface area contributed by atoms with Crippen molar-refractivity contribution < 1.29 is 9.47 Å². The molecule has 0 aromatic rings. The number of ether oxygens (including phenoxy) is 2. The van der Waals surface area contributed by atoms with Crippen molar-refractivity contribution in [3.05, 3.63) is 0 Å². The van der Waals surface area contributed by atoms with Gasteiger partial charge >= 0.3 is 0 Å². The quantitative estimate of drug-likeness (QED) is 0.570. The second-order valence-corrected chi connectivity index (χ2v) is 3.34. The van der Waals surface area contributed by atoms with Gasteiger partial charge in [-0.3, -0.25) is 0 Å². The summed E-state index contributed by atoms with van der Waals surface area (Å²) in [6.07, 6.45) is 4.73. The van der Waals surface area contributed by atoms with E-state index in [1.54, 1.807) is 0 Å². The smallest absolute Gasteiger partial charge is 0.0704 e. The molecule has 2 nitrogen and oxygen atoms in total. The summed E-state index contributed by atoms with van der Waals surface area (Å²) < 4.78 is 10.8. The van der Waals surface area contributed by atoms with Gasteiger partial charge in [0.15, 0.2) is 0 Å². The van der Waals surface area contributed by atoms with Gasteiger partial charge in [0.25, 0.3) is 0 Å². The Labute approximate surface area is 68.9 Å². The van der Waals surface area contributed by atoms with Gasteiger partial charge in [-0.1, -0.05) is 0 Å². The molecule has 0 bridgehead atoms. The van der Waals surface area contributed by atoms with E-state index in [-0.39, 0.29) is 0 Å². The predicted octanol–water partition coefficient (Wildman–Crippen LogP) is 1.98. The molecular weight excluding hydrogens is 140 g/mol. The van der Waals surface area contributed by atoms with Gasteiger partial charge in [-0.05, 0) is 33.1 Å². The van der Waals surface area contributed by atoms with Crippen LogP contribution in [0.3, 0.4) is 0 Å². The lowest BCUT2D eigenvalue weighted by molar-refractivity contribution is -0.0395. The lowest BCUT2D eigenvalue weighted by Crippen LogP contribution is -2.23.